The highest BCUT2D eigenvalue weighted by molar-refractivity contribution is 7.89. The van der Waals surface area contributed by atoms with Gasteiger partial charge in [0.1, 0.15) is 5.01 Å². The van der Waals surface area contributed by atoms with Crippen LogP contribution in [-0.2, 0) is 21.2 Å². The lowest BCUT2D eigenvalue weighted by atomic mass is 9.97. The molecule has 1 aromatic carbocycles. The Morgan fingerprint density at radius 1 is 1.21 bits per heavy atom. The lowest BCUT2D eigenvalue weighted by molar-refractivity contribution is -0.120. The summed E-state index contributed by atoms with van der Waals surface area (Å²) >= 11 is 1.39. The number of hydrogen-bond acceptors (Lipinski definition) is 6. The van der Waals surface area contributed by atoms with Crippen LogP contribution in [0.5, 0.6) is 0 Å². The molecule has 0 spiro atoms. The first-order valence-corrected chi connectivity index (χ1v) is 12.3. The van der Waals surface area contributed by atoms with Crippen molar-refractivity contribution in [3.05, 3.63) is 34.8 Å². The molecule has 29 heavy (non-hydrogen) atoms. The Balaban J connectivity index is 1.58. The zero-order valence-electron chi connectivity index (χ0n) is 17.1. The van der Waals surface area contributed by atoms with E-state index >= 15 is 0 Å². The molecular formula is C20H28N4O3S2. The molecule has 158 valence electrons. The van der Waals surface area contributed by atoms with Crippen molar-refractivity contribution in [2.45, 2.75) is 57.3 Å². The number of carbonyl (C=O) groups is 1. The Morgan fingerprint density at radius 3 is 2.45 bits per heavy atom. The molecule has 0 radical (unpaired) electrons. The Morgan fingerprint density at radius 2 is 1.86 bits per heavy atom. The van der Waals surface area contributed by atoms with E-state index in [4.69, 9.17) is 0 Å². The van der Waals surface area contributed by atoms with Gasteiger partial charge in [-0.2, -0.15) is 4.31 Å². The summed E-state index contributed by atoms with van der Waals surface area (Å²) < 4.78 is 27.3. The third-order valence-electron chi connectivity index (χ3n) is 5.17. The third-order valence-corrected chi connectivity index (χ3v) is 7.98. The van der Waals surface area contributed by atoms with E-state index in [1.165, 1.54) is 15.6 Å². The molecule has 0 aliphatic carbocycles. The van der Waals surface area contributed by atoms with E-state index in [1.54, 1.807) is 12.1 Å². The Labute approximate surface area is 176 Å². The van der Waals surface area contributed by atoms with Crippen molar-refractivity contribution in [2.75, 3.05) is 18.4 Å². The van der Waals surface area contributed by atoms with Crippen LogP contribution in [-0.4, -0.2) is 41.9 Å². The maximum atomic E-state index is 12.9. The van der Waals surface area contributed by atoms with E-state index in [0.29, 0.717) is 41.9 Å². The summed E-state index contributed by atoms with van der Waals surface area (Å²) in [6, 6.07) is 7.08. The molecule has 1 aromatic heterocycles. The summed E-state index contributed by atoms with van der Waals surface area (Å²) in [7, 11) is -3.53. The van der Waals surface area contributed by atoms with E-state index in [9.17, 15) is 13.2 Å². The highest BCUT2D eigenvalue weighted by Crippen LogP contribution is 2.26. The molecule has 0 bridgehead atoms. The van der Waals surface area contributed by atoms with Crippen molar-refractivity contribution in [3.8, 4) is 0 Å². The first-order valence-electron chi connectivity index (χ1n) is 10.0. The van der Waals surface area contributed by atoms with Crippen molar-refractivity contribution in [3.63, 3.8) is 0 Å². The highest BCUT2D eigenvalue weighted by Gasteiger charge is 2.32. The molecule has 1 aliphatic heterocycles. The number of aryl methyl sites for hydroxylation is 1. The van der Waals surface area contributed by atoms with Gasteiger partial charge in [-0.3, -0.25) is 4.79 Å². The van der Waals surface area contributed by atoms with Gasteiger partial charge in [0.2, 0.25) is 21.1 Å². The van der Waals surface area contributed by atoms with Gasteiger partial charge >= 0.3 is 0 Å². The first kappa shape index (κ1) is 21.9. The average Bonchev–Trinajstić information content (AvgIpc) is 3.15. The molecule has 1 amide bonds. The van der Waals surface area contributed by atoms with Gasteiger partial charge < -0.3 is 5.32 Å². The van der Waals surface area contributed by atoms with Gasteiger partial charge in [-0.1, -0.05) is 44.2 Å². The van der Waals surface area contributed by atoms with Gasteiger partial charge in [0.15, 0.2) is 0 Å². The molecule has 1 fully saturated rings. The molecule has 0 unspecified atom stereocenters. The summed E-state index contributed by atoms with van der Waals surface area (Å²) in [5, 5.41) is 12.3. The standard InChI is InChI=1S/C20H28N4O3S2/c1-4-5-18-22-23-20(28-18)21-19(25)16-10-12-24(13-11-16)29(26,27)17-8-6-15(7-9-17)14(2)3/h6-9,14,16H,4-5,10-13H2,1-3H3,(H,21,23,25). The molecule has 3 rings (SSSR count). The fourth-order valence-corrected chi connectivity index (χ4v) is 5.67. The number of hydrogen-bond donors (Lipinski definition) is 1. The second-order valence-electron chi connectivity index (χ2n) is 7.64. The molecule has 9 heteroatoms. The van der Waals surface area contributed by atoms with Crippen molar-refractivity contribution in [1.29, 1.82) is 0 Å². The molecule has 0 atom stereocenters. The highest BCUT2D eigenvalue weighted by atomic mass is 32.2. The maximum Gasteiger partial charge on any atom is 0.243 e. The second-order valence-corrected chi connectivity index (χ2v) is 10.6. The van der Waals surface area contributed by atoms with Crippen molar-refractivity contribution < 1.29 is 13.2 Å². The molecule has 1 aliphatic rings. The molecule has 0 saturated carbocycles. The molecule has 1 saturated heterocycles. The quantitative estimate of drug-likeness (QED) is 0.715. The Hall–Kier alpha value is -1.84. The summed E-state index contributed by atoms with van der Waals surface area (Å²) in [6.45, 7) is 6.89. The second kappa shape index (κ2) is 9.32. The number of carbonyl (C=O) groups excluding carboxylic acids is 1. The van der Waals surface area contributed by atoms with Crippen LogP contribution in [0.3, 0.4) is 0 Å². The lowest BCUT2D eigenvalue weighted by Crippen LogP contribution is -2.41. The minimum absolute atomic E-state index is 0.109. The predicted molar refractivity (Wildman–Crippen MR) is 115 cm³/mol. The summed E-state index contributed by atoms with van der Waals surface area (Å²) in [6.07, 6.45) is 2.82. The van der Waals surface area contributed by atoms with Crippen LogP contribution < -0.4 is 5.32 Å². The van der Waals surface area contributed by atoms with Gasteiger partial charge in [0, 0.05) is 25.4 Å². The Kier molecular flexibility index (Phi) is 7.02. The van der Waals surface area contributed by atoms with Gasteiger partial charge in [0.25, 0.3) is 0 Å². The number of nitrogens with zero attached hydrogens (tertiary/aromatic N) is 3. The maximum absolute atomic E-state index is 12.9. The van der Waals surface area contributed by atoms with E-state index < -0.39 is 10.0 Å². The summed E-state index contributed by atoms with van der Waals surface area (Å²) in [4.78, 5) is 12.8. The van der Waals surface area contributed by atoms with Crippen LogP contribution in [0.4, 0.5) is 5.13 Å². The number of benzene rings is 1. The fraction of sp³-hybridized carbons (Fsp3) is 0.550. The van der Waals surface area contributed by atoms with Crippen LogP contribution in [0.1, 0.15) is 56.5 Å². The van der Waals surface area contributed by atoms with E-state index in [2.05, 4.69) is 36.3 Å². The zero-order valence-corrected chi connectivity index (χ0v) is 18.7. The summed E-state index contributed by atoms with van der Waals surface area (Å²) in [5.74, 6) is 0.0259. The van der Waals surface area contributed by atoms with Crippen molar-refractivity contribution >= 4 is 32.4 Å². The van der Waals surface area contributed by atoms with Gasteiger partial charge in [0.05, 0.1) is 4.90 Å². The number of amides is 1. The predicted octanol–water partition coefficient (Wildman–Crippen LogP) is 3.65. The molecule has 2 aromatic rings. The van der Waals surface area contributed by atoms with Crippen LogP contribution in [0.25, 0.3) is 0 Å². The molecule has 2 heterocycles. The molecular weight excluding hydrogens is 408 g/mol. The molecule has 7 nitrogen and oxygen atoms in total. The fourth-order valence-electron chi connectivity index (χ4n) is 3.36. The van der Waals surface area contributed by atoms with Crippen molar-refractivity contribution in [2.24, 2.45) is 5.92 Å². The lowest BCUT2D eigenvalue weighted by Gasteiger charge is -2.30. The van der Waals surface area contributed by atoms with Crippen LogP contribution in [0.2, 0.25) is 0 Å². The number of rotatable bonds is 7. The van der Waals surface area contributed by atoms with E-state index in [1.807, 2.05) is 12.1 Å². The van der Waals surface area contributed by atoms with Gasteiger partial charge in [-0.15, -0.1) is 10.2 Å². The monoisotopic (exact) mass is 436 g/mol. The SMILES string of the molecule is CCCc1nnc(NC(=O)C2CCN(S(=O)(=O)c3ccc(C(C)C)cc3)CC2)s1. The molecule has 1 N–H and O–H groups in total. The largest absolute Gasteiger partial charge is 0.300 e. The normalized spacial score (nSPS) is 16.3. The van der Waals surface area contributed by atoms with Crippen molar-refractivity contribution in [1.82, 2.24) is 14.5 Å². The van der Waals surface area contributed by atoms with Gasteiger partial charge in [-0.05, 0) is 42.9 Å². The minimum Gasteiger partial charge on any atom is -0.300 e. The number of anilines is 1. The van der Waals surface area contributed by atoms with E-state index in [-0.39, 0.29) is 11.8 Å². The van der Waals surface area contributed by atoms with Crippen LogP contribution >= 0.6 is 11.3 Å². The number of nitrogens with one attached hydrogen (secondary N) is 1. The zero-order chi connectivity index (χ0) is 21.0. The van der Waals surface area contributed by atoms with Crippen LogP contribution in [0.15, 0.2) is 29.2 Å². The smallest absolute Gasteiger partial charge is 0.243 e. The minimum atomic E-state index is -3.53. The average molecular weight is 437 g/mol. The van der Waals surface area contributed by atoms with E-state index in [0.717, 1.165) is 23.4 Å². The van der Waals surface area contributed by atoms with Gasteiger partial charge in [-0.25, -0.2) is 8.42 Å². The number of aromatic nitrogens is 2. The topological polar surface area (TPSA) is 92.3 Å². The number of piperidine rings is 1. The third kappa shape index (κ3) is 5.21. The Bertz CT molecular complexity index is 931. The first-order chi connectivity index (χ1) is 13.8. The van der Waals surface area contributed by atoms with Crippen LogP contribution in [0, 0.1) is 5.92 Å². The summed E-state index contributed by atoms with van der Waals surface area (Å²) in [5.41, 5.74) is 1.11. The number of sulfonamides is 1.